The largest absolute Gasteiger partial charge is 0.480 e. The molecule has 0 aliphatic carbocycles. The lowest BCUT2D eigenvalue weighted by Gasteiger charge is -2.32. The van der Waals surface area contributed by atoms with Crippen molar-refractivity contribution in [1.82, 2.24) is 15.3 Å². The molecule has 2 heterocycles. The zero-order valence-electron chi connectivity index (χ0n) is 14.6. The van der Waals surface area contributed by atoms with Gasteiger partial charge in [0.1, 0.15) is 6.04 Å². The van der Waals surface area contributed by atoms with Crippen molar-refractivity contribution in [2.75, 3.05) is 18.0 Å². The summed E-state index contributed by atoms with van der Waals surface area (Å²) in [5, 5.41) is 11.8. The van der Waals surface area contributed by atoms with Crippen molar-refractivity contribution in [3.8, 4) is 0 Å². The summed E-state index contributed by atoms with van der Waals surface area (Å²) in [5.41, 5.74) is 1.86. The van der Waals surface area contributed by atoms with E-state index < -0.39 is 12.0 Å². The van der Waals surface area contributed by atoms with Gasteiger partial charge in [0.15, 0.2) is 0 Å². The Balaban J connectivity index is 1.92. The first kappa shape index (κ1) is 18.2. The van der Waals surface area contributed by atoms with E-state index in [4.69, 9.17) is 5.11 Å². The third kappa shape index (κ3) is 4.66. The second kappa shape index (κ2) is 8.08. The molecule has 2 rings (SSSR count). The summed E-state index contributed by atoms with van der Waals surface area (Å²) in [6.45, 7) is 7.19. The van der Waals surface area contributed by atoms with Crippen LogP contribution >= 0.6 is 0 Å². The summed E-state index contributed by atoms with van der Waals surface area (Å²) in [6.07, 6.45) is 2.54. The molecule has 0 radical (unpaired) electrons. The van der Waals surface area contributed by atoms with Gasteiger partial charge in [-0.3, -0.25) is 4.79 Å². The van der Waals surface area contributed by atoms with Crippen LogP contribution in [0.1, 0.15) is 44.0 Å². The summed E-state index contributed by atoms with van der Waals surface area (Å²) in [6, 6.07) is 1.15. The van der Waals surface area contributed by atoms with Gasteiger partial charge in [0, 0.05) is 30.4 Å². The molecular formula is C17H26N4O3. The number of hydrogen-bond donors (Lipinski definition) is 2. The maximum Gasteiger partial charge on any atom is 0.326 e. The molecule has 1 aliphatic heterocycles. The highest BCUT2D eigenvalue weighted by atomic mass is 16.4. The number of nitrogens with zero attached hydrogens (tertiary/aromatic N) is 3. The highest BCUT2D eigenvalue weighted by Gasteiger charge is 2.29. The van der Waals surface area contributed by atoms with Crippen LogP contribution in [-0.4, -0.2) is 46.1 Å². The highest BCUT2D eigenvalue weighted by Crippen LogP contribution is 2.21. The zero-order valence-corrected chi connectivity index (χ0v) is 14.6. The molecular weight excluding hydrogens is 308 g/mol. The van der Waals surface area contributed by atoms with E-state index >= 15 is 0 Å². The zero-order chi connectivity index (χ0) is 17.7. The minimum atomic E-state index is -0.966. The van der Waals surface area contributed by atoms with E-state index in [0.717, 1.165) is 17.8 Å². The summed E-state index contributed by atoms with van der Waals surface area (Å²) in [4.78, 5) is 34.5. The molecule has 1 aromatic heterocycles. The molecule has 1 atom stereocenters. The molecule has 1 saturated heterocycles. The fourth-order valence-electron chi connectivity index (χ4n) is 3.03. The molecule has 1 fully saturated rings. The maximum atomic E-state index is 12.3. The molecule has 1 amide bonds. The lowest BCUT2D eigenvalue weighted by Crippen LogP contribution is -2.46. The number of aryl methyl sites for hydroxylation is 2. The van der Waals surface area contributed by atoms with Gasteiger partial charge in [-0.1, -0.05) is 13.3 Å². The smallest absolute Gasteiger partial charge is 0.326 e. The van der Waals surface area contributed by atoms with Crippen molar-refractivity contribution >= 4 is 17.8 Å². The van der Waals surface area contributed by atoms with Crippen LogP contribution in [0.5, 0.6) is 0 Å². The Morgan fingerprint density at radius 2 is 1.88 bits per heavy atom. The van der Waals surface area contributed by atoms with E-state index in [1.807, 2.05) is 26.8 Å². The van der Waals surface area contributed by atoms with Crippen LogP contribution in [0.4, 0.5) is 5.95 Å². The van der Waals surface area contributed by atoms with Gasteiger partial charge in [0.2, 0.25) is 11.9 Å². The number of hydrogen-bond acceptors (Lipinski definition) is 5. The van der Waals surface area contributed by atoms with Crippen LogP contribution in [0.2, 0.25) is 0 Å². The number of nitrogens with one attached hydrogen (secondary N) is 1. The average Bonchev–Trinajstić information content (AvgIpc) is 2.53. The SMILES string of the molecule is CCCC(NC(=O)C1CCN(c2nc(C)cc(C)n2)CC1)C(=O)O. The lowest BCUT2D eigenvalue weighted by atomic mass is 9.95. The fourth-order valence-corrected chi connectivity index (χ4v) is 3.03. The van der Waals surface area contributed by atoms with E-state index in [-0.39, 0.29) is 11.8 Å². The summed E-state index contributed by atoms with van der Waals surface area (Å²) < 4.78 is 0. The predicted molar refractivity (Wildman–Crippen MR) is 90.9 cm³/mol. The van der Waals surface area contributed by atoms with Gasteiger partial charge in [0.25, 0.3) is 0 Å². The Labute approximate surface area is 142 Å². The van der Waals surface area contributed by atoms with Crippen molar-refractivity contribution in [1.29, 1.82) is 0 Å². The van der Waals surface area contributed by atoms with Crippen LogP contribution in [0, 0.1) is 19.8 Å². The van der Waals surface area contributed by atoms with Gasteiger partial charge in [-0.2, -0.15) is 0 Å². The Hall–Kier alpha value is -2.18. The van der Waals surface area contributed by atoms with E-state index in [2.05, 4.69) is 20.2 Å². The van der Waals surface area contributed by atoms with E-state index in [0.29, 0.717) is 38.3 Å². The van der Waals surface area contributed by atoms with Gasteiger partial charge in [0.05, 0.1) is 0 Å². The number of carbonyl (C=O) groups excluding carboxylic acids is 1. The Bertz CT molecular complexity index is 577. The number of rotatable bonds is 6. The molecule has 24 heavy (non-hydrogen) atoms. The van der Waals surface area contributed by atoms with Crippen molar-refractivity contribution in [2.45, 2.75) is 52.5 Å². The molecule has 0 spiro atoms. The molecule has 0 aromatic carbocycles. The normalized spacial score (nSPS) is 16.7. The van der Waals surface area contributed by atoms with E-state index in [9.17, 15) is 9.59 Å². The number of anilines is 1. The minimum absolute atomic E-state index is 0.147. The number of aromatic nitrogens is 2. The standard InChI is InChI=1S/C17H26N4O3/c1-4-5-14(16(23)24)20-15(22)13-6-8-21(9-7-13)17-18-11(2)10-12(3)19-17/h10,13-14H,4-9H2,1-3H3,(H,20,22)(H,23,24). The molecule has 7 nitrogen and oxygen atoms in total. The molecule has 0 saturated carbocycles. The molecule has 132 valence electrons. The number of carboxylic acids is 1. The van der Waals surface area contributed by atoms with E-state index in [1.54, 1.807) is 0 Å². The predicted octanol–water partition coefficient (Wildman–Crippen LogP) is 1.68. The van der Waals surface area contributed by atoms with Crippen molar-refractivity contribution in [3.05, 3.63) is 17.5 Å². The maximum absolute atomic E-state index is 12.3. The Morgan fingerprint density at radius 3 is 2.38 bits per heavy atom. The van der Waals surface area contributed by atoms with Gasteiger partial charge in [-0.25, -0.2) is 14.8 Å². The van der Waals surface area contributed by atoms with Crippen molar-refractivity contribution < 1.29 is 14.7 Å². The minimum Gasteiger partial charge on any atom is -0.480 e. The van der Waals surface area contributed by atoms with Gasteiger partial charge in [-0.05, 0) is 39.2 Å². The number of piperidine rings is 1. The van der Waals surface area contributed by atoms with E-state index in [1.165, 1.54) is 0 Å². The highest BCUT2D eigenvalue weighted by molar-refractivity contribution is 5.85. The Morgan fingerprint density at radius 1 is 1.29 bits per heavy atom. The topological polar surface area (TPSA) is 95.4 Å². The van der Waals surface area contributed by atoms with Crippen LogP contribution in [0.3, 0.4) is 0 Å². The number of amides is 1. The second-order valence-corrected chi connectivity index (χ2v) is 6.40. The van der Waals surface area contributed by atoms with Crippen LogP contribution in [-0.2, 0) is 9.59 Å². The van der Waals surface area contributed by atoms with Gasteiger partial charge >= 0.3 is 5.97 Å². The van der Waals surface area contributed by atoms with Crippen LogP contribution in [0.15, 0.2) is 6.07 Å². The molecule has 0 bridgehead atoms. The fraction of sp³-hybridized carbons (Fsp3) is 0.647. The molecule has 1 aromatic rings. The first-order valence-corrected chi connectivity index (χ1v) is 8.51. The van der Waals surface area contributed by atoms with Crippen LogP contribution < -0.4 is 10.2 Å². The quantitative estimate of drug-likeness (QED) is 0.822. The molecule has 7 heteroatoms. The summed E-state index contributed by atoms with van der Waals surface area (Å²) in [5.74, 6) is -0.560. The first-order chi connectivity index (χ1) is 11.4. The average molecular weight is 334 g/mol. The lowest BCUT2D eigenvalue weighted by molar-refractivity contribution is -0.142. The number of carboxylic acid groups (broad SMARTS) is 1. The van der Waals surface area contributed by atoms with Gasteiger partial charge in [-0.15, -0.1) is 0 Å². The number of aliphatic carboxylic acids is 1. The summed E-state index contributed by atoms with van der Waals surface area (Å²) in [7, 11) is 0. The first-order valence-electron chi connectivity index (χ1n) is 8.51. The monoisotopic (exact) mass is 334 g/mol. The van der Waals surface area contributed by atoms with Gasteiger partial charge < -0.3 is 15.3 Å². The Kier molecular flexibility index (Phi) is 6.11. The second-order valence-electron chi connectivity index (χ2n) is 6.40. The van der Waals surface area contributed by atoms with Crippen molar-refractivity contribution in [3.63, 3.8) is 0 Å². The third-order valence-corrected chi connectivity index (χ3v) is 4.31. The molecule has 2 N–H and O–H groups in total. The molecule has 1 aliphatic rings. The molecule has 1 unspecified atom stereocenters. The van der Waals surface area contributed by atoms with Crippen molar-refractivity contribution in [2.24, 2.45) is 5.92 Å². The van der Waals surface area contributed by atoms with Crippen LogP contribution in [0.25, 0.3) is 0 Å². The summed E-state index contributed by atoms with van der Waals surface area (Å²) >= 11 is 0. The number of carbonyl (C=O) groups is 2. The third-order valence-electron chi connectivity index (χ3n) is 4.31.